The molecule has 234 valence electrons. The fraction of sp³-hybridized carbons (Fsp3) is 0.857. The molecule has 0 aromatic heterocycles. The highest BCUT2D eigenvalue weighted by Gasteiger charge is 2.58. The van der Waals surface area contributed by atoms with Gasteiger partial charge >= 0.3 is 5.97 Å². The van der Waals surface area contributed by atoms with E-state index in [2.05, 4.69) is 66.8 Å². The summed E-state index contributed by atoms with van der Waals surface area (Å²) in [5, 5.41) is 22.0. The van der Waals surface area contributed by atoms with Crippen LogP contribution >= 0.6 is 0 Å². The molecule has 4 rings (SSSR count). The summed E-state index contributed by atoms with van der Waals surface area (Å²) in [5.41, 5.74) is 0.297. The van der Waals surface area contributed by atoms with Gasteiger partial charge in [-0.05, 0) is 124 Å². The van der Waals surface area contributed by atoms with Crippen LogP contribution in [0.25, 0.3) is 0 Å². The first-order chi connectivity index (χ1) is 18.7. The summed E-state index contributed by atoms with van der Waals surface area (Å²) in [6.07, 6.45) is 14.6. The van der Waals surface area contributed by atoms with Gasteiger partial charge in [0, 0.05) is 6.10 Å². The third kappa shape index (κ3) is 5.57. The lowest BCUT2D eigenvalue weighted by Crippen LogP contribution is -2.56. The molecule has 5 nitrogen and oxygen atoms in total. The molecule has 3 saturated carbocycles. The molecule has 3 fully saturated rings. The van der Waals surface area contributed by atoms with Crippen LogP contribution in [0.3, 0.4) is 0 Å². The van der Waals surface area contributed by atoms with Crippen LogP contribution in [0, 0.1) is 34.5 Å². The number of carbonyl (C=O) groups excluding carboxylic acids is 1. The predicted molar refractivity (Wildman–Crippen MR) is 169 cm³/mol. The zero-order chi connectivity index (χ0) is 30.8. The normalized spacial score (nSPS) is 36.2. The summed E-state index contributed by atoms with van der Waals surface area (Å²) >= 11 is 0. The Hall–Kier alpha value is -0.953. The van der Waals surface area contributed by atoms with E-state index in [4.69, 9.17) is 9.16 Å². The van der Waals surface area contributed by atoms with Gasteiger partial charge in [0.1, 0.15) is 0 Å². The van der Waals surface area contributed by atoms with Crippen molar-refractivity contribution in [2.45, 2.75) is 149 Å². The standard InChI is InChI=1S/C35H60O5Si/c1-23(16-21-35(38,30(36)39-9)32(5,6)37)27-14-15-28-26-13-12-24-22-25(40-41(10,11)31(2,3)4)17-19-33(24,7)29(26)18-20-34(27,28)8/h12-13,23,25,27-29,37-38H,14-22H2,1-11H3/t23-,25+,27-,28+,29+,33+,34-,35+/m1/s1. The Balaban J connectivity index is 1.50. The van der Waals surface area contributed by atoms with Gasteiger partial charge in [0.2, 0.25) is 0 Å². The molecule has 0 amide bonds. The van der Waals surface area contributed by atoms with Gasteiger partial charge in [-0.25, -0.2) is 4.79 Å². The molecular formula is C35H60O5Si. The molecule has 0 aromatic carbocycles. The maximum Gasteiger partial charge on any atom is 0.340 e. The van der Waals surface area contributed by atoms with Gasteiger partial charge in [-0.15, -0.1) is 0 Å². The third-order valence-corrected chi connectivity index (χ3v) is 17.6. The minimum atomic E-state index is -1.90. The lowest BCUT2D eigenvalue weighted by atomic mass is 9.50. The molecular weight excluding hydrogens is 528 g/mol. The van der Waals surface area contributed by atoms with Crippen molar-refractivity contribution in [1.82, 2.24) is 0 Å². The van der Waals surface area contributed by atoms with Crippen LogP contribution in [0.1, 0.15) is 113 Å². The van der Waals surface area contributed by atoms with E-state index in [1.807, 2.05) is 0 Å². The van der Waals surface area contributed by atoms with Crippen LogP contribution in [0.2, 0.25) is 18.1 Å². The highest BCUT2D eigenvalue weighted by atomic mass is 28.4. The summed E-state index contributed by atoms with van der Waals surface area (Å²) in [7, 11) is -0.516. The zero-order valence-corrected chi connectivity index (χ0v) is 29.0. The van der Waals surface area contributed by atoms with E-state index in [9.17, 15) is 15.0 Å². The molecule has 0 aromatic rings. The molecule has 0 spiro atoms. The predicted octanol–water partition coefficient (Wildman–Crippen LogP) is 7.97. The summed E-state index contributed by atoms with van der Waals surface area (Å²) in [5.74, 6) is 1.35. The first kappa shape index (κ1) is 33.0. The van der Waals surface area contributed by atoms with Gasteiger partial charge in [-0.2, -0.15) is 0 Å². The number of fused-ring (bicyclic) bond motifs is 5. The highest BCUT2D eigenvalue weighted by molar-refractivity contribution is 6.74. The van der Waals surface area contributed by atoms with Gasteiger partial charge in [0.25, 0.3) is 0 Å². The number of hydrogen-bond acceptors (Lipinski definition) is 5. The SMILES string of the molecule is COC(=O)[C@@](O)(CC[C@@H](C)[C@H]1CC[C@H]2C3=CC=C4C[C@@H](O[Si](C)(C)C(C)(C)C)CC[C@]4(C)[C@H]3CC[C@]12C)C(C)(C)O. The second-order valence-electron chi connectivity index (χ2n) is 16.8. The number of allylic oxidation sites excluding steroid dienone is 3. The second kappa shape index (κ2) is 10.9. The molecule has 2 N–H and O–H groups in total. The third-order valence-electron chi connectivity index (χ3n) is 13.0. The van der Waals surface area contributed by atoms with Crippen molar-refractivity contribution >= 4 is 14.3 Å². The van der Waals surface area contributed by atoms with Crippen molar-refractivity contribution in [1.29, 1.82) is 0 Å². The first-order valence-corrected chi connectivity index (χ1v) is 19.2. The molecule has 4 aliphatic carbocycles. The lowest BCUT2D eigenvalue weighted by Gasteiger charge is -2.56. The van der Waals surface area contributed by atoms with Gasteiger partial charge in [0.15, 0.2) is 13.9 Å². The lowest BCUT2D eigenvalue weighted by molar-refractivity contribution is -0.192. The molecule has 8 atom stereocenters. The maximum atomic E-state index is 12.5. The number of aliphatic hydroxyl groups is 2. The van der Waals surface area contributed by atoms with Gasteiger partial charge in [0.05, 0.1) is 12.7 Å². The summed E-state index contributed by atoms with van der Waals surface area (Å²) in [4.78, 5) is 12.5. The number of esters is 1. The summed E-state index contributed by atoms with van der Waals surface area (Å²) < 4.78 is 11.8. The average molecular weight is 589 g/mol. The number of carbonyl (C=O) groups is 1. The number of methoxy groups -OCH3 is 1. The highest BCUT2D eigenvalue weighted by Crippen LogP contribution is 2.66. The molecule has 0 aliphatic heterocycles. The molecule has 41 heavy (non-hydrogen) atoms. The molecule has 6 heteroatoms. The number of hydrogen-bond donors (Lipinski definition) is 2. The Morgan fingerprint density at radius 1 is 1.02 bits per heavy atom. The van der Waals surface area contributed by atoms with Crippen LogP contribution in [0.5, 0.6) is 0 Å². The topological polar surface area (TPSA) is 76.0 Å². The quantitative estimate of drug-likeness (QED) is 0.222. The van der Waals surface area contributed by atoms with E-state index in [1.54, 1.807) is 11.1 Å². The molecule has 4 aliphatic rings. The average Bonchev–Trinajstić information content (AvgIpc) is 3.22. The van der Waals surface area contributed by atoms with Crippen LogP contribution < -0.4 is 0 Å². The van der Waals surface area contributed by atoms with Crippen molar-refractivity contribution in [3.05, 3.63) is 23.3 Å². The first-order valence-electron chi connectivity index (χ1n) is 16.3. The number of rotatable bonds is 8. The van der Waals surface area contributed by atoms with E-state index in [0.29, 0.717) is 36.2 Å². The molecule has 0 heterocycles. The van der Waals surface area contributed by atoms with Crippen LogP contribution in [-0.2, 0) is 14.0 Å². The van der Waals surface area contributed by atoms with Crippen LogP contribution in [-0.4, -0.2) is 48.9 Å². The van der Waals surface area contributed by atoms with E-state index in [1.165, 1.54) is 53.1 Å². The smallest absolute Gasteiger partial charge is 0.340 e. The number of ether oxygens (including phenoxy) is 1. The minimum absolute atomic E-state index is 0.204. The summed E-state index contributed by atoms with van der Waals surface area (Å²) in [6.45, 7) is 22.1. The Morgan fingerprint density at radius 2 is 1.68 bits per heavy atom. The molecule has 0 bridgehead atoms. The van der Waals surface area contributed by atoms with E-state index in [-0.39, 0.29) is 22.3 Å². The van der Waals surface area contributed by atoms with Crippen molar-refractivity contribution in [2.24, 2.45) is 34.5 Å². The minimum Gasteiger partial charge on any atom is -0.467 e. The van der Waals surface area contributed by atoms with Crippen molar-refractivity contribution in [2.75, 3.05) is 7.11 Å². The van der Waals surface area contributed by atoms with Crippen LogP contribution in [0.15, 0.2) is 23.3 Å². The van der Waals surface area contributed by atoms with Crippen molar-refractivity contribution < 1.29 is 24.2 Å². The van der Waals surface area contributed by atoms with Crippen LogP contribution in [0.4, 0.5) is 0 Å². The fourth-order valence-corrected chi connectivity index (χ4v) is 10.5. The van der Waals surface area contributed by atoms with Gasteiger partial charge in [-0.3, -0.25) is 0 Å². The molecule has 0 radical (unpaired) electrons. The Bertz CT molecular complexity index is 1060. The largest absolute Gasteiger partial charge is 0.467 e. The van der Waals surface area contributed by atoms with E-state index in [0.717, 1.165) is 12.8 Å². The maximum absolute atomic E-state index is 12.5. The van der Waals surface area contributed by atoms with E-state index < -0.39 is 25.5 Å². The van der Waals surface area contributed by atoms with Crippen molar-refractivity contribution in [3.8, 4) is 0 Å². The Kier molecular flexibility index (Phi) is 8.75. The molecule has 0 unspecified atom stereocenters. The summed E-state index contributed by atoms with van der Waals surface area (Å²) in [6, 6.07) is 0. The monoisotopic (exact) mass is 588 g/mol. The van der Waals surface area contributed by atoms with E-state index >= 15 is 0 Å². The Morgan fingerprint density at radius 3 is 2.27 bits per heavy atom. The Labute approximate surface area is 251 Å². The van der Waals surface area contributed by atoms with Crippen molar-refractivity contribution in [3.63, 3.8) is 0 Å². The second-order valence-corrected chi connectivity index (χ2v) is 21.5. The zero-order valence-electron chi connectivity index (χ0n) is 28.0. The fourth-order valence-electron chi connectivity index (χ4n) is 9.10. The van der Waals surface area contributed by atoms with Gasteiger partial charge in [-0.1, -0.05) is 64.8 Å². The van der Waals surface area contributed by atoms with Gasteiger partial charge < -0.3 is 19.4 Å². The molecule has 0 saturated heterocycles.